The third kappa shape index (κ3) is 8.71. The van der Waals surface area contributed by atoms with Crippen molar-refractivity contribution < 1.29 is 36.7 Å². The number of Topliss-reactive ketones (excluding diaryl/α,β-unsaturated/α-hetero) is 1. The van der Waals surface area contributed by atoms with Gasteiger partial charge in [-0.2, -0.15) is 11.5 Å². The molecule has 4 atom stereocenters. The van der Waals surface area contributed by atoms with Crippen molar-refractivity contribution in [3.63, 3.8) is 0 Å². The molecule has 3 rings (SSSR count). The molecule has 6 nitrogen and oxygen atoms in total. The molecule has 1 aromatic rings. The van der Waals surface area contributed by atoms with E-state index in [4.69, 9.17) is 28.8 Å². The number of ketones is 1. The first-order valence-electron chi connectivity index (χ1n) is 12.3. The van der Waals surface area contributed by atoms with E-state index in [0.717, 1.165) is 63.2 Å². The molecule has 35 heavy (non-hydrogen) atoms. The Morgan fingerprint density at radius 1 is 1.20 bits per heavy atom. The second-order valence-corrected chi connectivity index (χ2v) is 9.91. The van der Waals surface area contributed by atoms with Gasteiger partial charge < -0.3 is 40.3 Å². The van der Waals surface area contributed by atoms with E-state index in [9.17, 15) is 14.3 Å². The molecule has 194 valence electrons. The van der Waals surface area contributed by atoms with Gasteiger partial charge in [-0.25, -0.2) is 4.39 Å². The summed E-state index contributed by atoms with van der Waals surface area (Å²) in [6.07, 6.45) is 4.52. The summed E-state index contributed by atoms with van der Waals surface area (Å²) in [7, 11) is 0. The molecular formula is C25H35FN3O3S2Tc. The number of hydrogen-bond donors (Lipinski definition) is 0. The standard InChI is InChI=1S/C25H38FN3O2S2.O.Tc/c1-2-23(30)25-21(18-4-6-19(26)7-5-18)16-20-8-9-22(25)29(20)12-3-11-28(13-15-33)17-24(31)27-10-14-32;;/h4-7,20-22,25,32-33H,2-3,8-17H2,1H3,(H,27,31);;/q;;+3/p-3/t20-,21-,22+,25-;;/m0../s1. The summed E-state index contributed by atoms with van der Waals surface area (Å²) in [5.74, 6) is 1.10. The summed E-state index contributed by atoms with van der Waals surface area (Å²) in [6, 6.07) is 7.40. The Morgan fingerprint density at radius 2 is 1.91 bits per heavy atom. The van der Waals surface area contributed by atoms with Crippen molar-refractivity contribution in [1.82, 2.24) is 9.80 Å². The van der Waals surface area contributed by atoms with Crippen molar-refractivity contribution in [1.29, 1.82) is 0 Å². The number of rotatable bonds is 13. The van der Waals surface area contributed by atoms with Gasteiger partial charge in [-0.1, -0.05) is 19.1 Å². The zero-order valence-electron chi connectivity index (χ0n) is 20.2. The van der Waals surface area contributed by atoms with Crippen LogP contribution in [0.3, 0.4) is 0 Å². The summed E-state index contributed by atoms with van der Waals surface area (Å²) in [5.41, 5.74) is 1.08. The van der Waals surface area contributed by atoms with Gasteiger partial charge in [0, 0.05) is 37.5 Å². The fourth-order valence-corrected chi connectivity index (χ4v) is 6.03. The summed E-state index contributed by atoms with van der Waals surface area (Å²) in [6.45, 7) is 5.02. The SMILES string of the molecule is CCC(=O)[C@@H]1[C@H]2CC[C@@H](C[C@H]1c1ccc(F)cc1)N2CCCN(CC[S-])CC([O-])=NCC[S-].[O]=[Tc+3]. The maximum atomic E-state index is 13.5. The zero-order valence-corrected chi connectivity index (χ0v) is 23.7. The summed E-state index contributed by atoms with van der Waals surface area (Å²) in [4.78, 5) is 21.7. The Labute approximate surface area is 230 Å². The van der Waals surface area contributed by atoms with Gasteiger partial charge in [0.25, 0.3) is 0 Å². The van der Waals surface area contributed by atoms with Gasteiger partial charge in [-0.3, -0.25) is 9.69 Å². The van der Waals surface area contributed by atoms with Crippen molar-refractivity contribution in [2.45, 2.75) is 57.0 Å². The molecule has 2 heterocycles. The van der Waals surface area contributed by atoms with E-state index >= 15 is 0 Å². The van der Waals surface area contributed by atoms with Crippen LogP contribution in [-0.2, 0) is 52.4 Å². The van der Waals surface area contributed by atoms with Gasteiger partial charge in [0.05, 0.1) is 0 Å². The predicted molar refractivity (Wildman–Crippen MR) is 135 cm³/mol. The minimum absolute atomic E-state index is 0.0401. The van der Waals surface area contributed by atoms with Crippen molar-refractivity contribution in [3.8, 4) is 0 Å². The number of hydrogen-bond acceptors (Lipinski definition) is 8. The molecule has 2 bridgehead atoms. The number of benzene rings is 1. The van der Waals surface area contributed by atoms with Crippen molar-refractivity contribution in [3.05, 3.63) is 35.6 Å². The van der Waals surface area contributed by atoms with E-state index < -0.39 is 0 Å². The van der Waals surface area contributed by atoms with Crippen LogP contribution >= 0.6 is 0 Å². The van der Waals surface area contributed by atoms with Crippen LogP contribution in [0.5, 0.6) is 0 Å². The zero-order chi connectivity index (χ0) is 25.8. The Morgan fingerprint density at radius 3 is 2.54 bits per heavy atom. The molecule has 0 saturated carbocycles. The van der Waals surface area contributed by atoms with Gasteiger partial charge in [0.1, 0.15) is 11.6 Å². The molecule has 0 radical (unpaired) electrons. The fraction of sp³-hybridized carbons (Fsp3) is 0.680. The monoisotopic (exact) mass is 605 g/mol. The summed E-state index contributed by atoms with van der Waals surface area (Å²) in [5, 5.41) is 12.0. The number of fused-ring (bicyclic) bond motifs is 2. The quantitative estimate of drug-likeness (QED) is 0.194. The molecule has 2 aliphatic rings. The van der Waals surface area contributed by atoms with E-state index in [1.54, 1.807) is 0 Å². The van der Waals surface area contributed by atoms with Gasteiger partial charge in [-0.15, -0.1) is 0 Å². The molecule has 0 N–H and O–H groups in total. The summed E-state index contributed by atoms with van der Waals surface area (Å²) < 4.78 is 21.7. The Hall–Kier alpha value is -0.641. The van der Waals surface area contributed by atoms with E-state index in [1.165, 1.54) is 12.1 Å². The molecule has 0 aliphatic carbocycles. The van der Waals surface area contributed by atoms with Gasteiger partial charge in [-0.05, 0) is 74.8 Å². The van der Waals surface area contributed by atoms with Crippen molar-refractivity contribution in [2.75, 3.05) is 44.2 Å². The average molecular weight is 607 g/mol. The van der Waals surface area contributed by atoms with E-state index in [2.05, 4.69) is 14.8 Å². The van der Waals surface area contributed by atoms with Crippen LogP contribution in [0, 0.1) is 11.7 Å². The van der Waals surface area contributed by atoms with E-state index in [0.29, 0.717) is 49.4 Å². The first-order valence-corrected chi connectivity index (χ1v) is 14.2. The van der Waals surface area contributed by atoms with Gasteiger partial charge in [0.2, 0.25) is 0 Å². The molecule has 10 heteroatoms. The molecule has 0 unspecified atom stereocenters. The normalized spacial score (nSPS) is 24.3. The van der Waals surface area contributed by atoms with Crippen LogP contribution < -0.4 is 5.11 Å². The molecule has 2 saturated heterocycles. The van der Waals surface area contributed by atoms with Gasteiger partial charge in [0.15, 0.2) is 0 Å². The number of carbonyl (C=O) groups is 1. The van der Waals surface area contributed by atoms with Crippen LogP contribution in [0.4, 0.5) is 4.39 Å². The summed E-state index contributed by atoms with van der Waals surface area (Å²) >= 11 is 10.9. The minimum atomic E-state index is -0.239. The molecule has 2 fully saturated rings. The number of carbonyl (C=O) groups excluding carboxylic acids is 1. The Kier molecular flexibility index (Phi) is 14.2. The molecule has 1 aromatic carbocycles. The second-order valence-electron chi connectivity index (χ2n) is 9.09. The molecule has 0 spiro atoms. The van der Waals surface area contributed by atoms with Gasteiger partial charge >= 0.3 is 22.4 Å². The fourth-order valence-electron chi connectivity index (χ4n) is 5.68. The van der Waals surface area contributed by atoms with Crippen LogP contribution in [0.1, 0.15) is 50.5 Å². The second kappa shape index (κ2) is 16.3. The predicted octanol–water partition coefficient (Wildman–Crippen LogP) is 2.16. The number of halogens is 1. The molecule has 0 aromatic heterocycles. The first kappa shape index (κ1) is 30.6. The van der Waals surface area contributed by atoms with Crippen LogP contribution in [-0.4, -0.2) is 77.8 Å². The Balaban J connectivity index is 0.00000210. The number of aliphatic imine (C=N–C) groups is 1. The number of nitrogens with zero attached hydrogens (tertiary/aromatic N) is 3. The van der Waals surface area contributed by atoms with Crippen molar-refractivity contribution >= 4 is 36.9 Å². The van der Waals surface area contributed by atoms with E-state index in [-0.39, 0.29) is 29.6 Å². The van der Waals surface area contributed by atoms with Crippen LogP contribution in [0.2, 0.25) is 0 Å². The topological polar surface area (TPSA) is 76.0 Å². The van der Waals surface area contributed by atoms with E-state index in [1.807, 2.05) is 19.1 Å². The Bertz CT molecular complexity index is 818. The third-order valence-corrected chi connectivity index (χ3v) is 7.48. The third-order valence-electron chi connectivity index (χ3n) is 7.12. The molecule has 2 aliphatic heterocycles. The number of piperidine rings is 1. The van der Waals surface area contributed by atoms with Crippen molar-refractivity contribution in [2.24, 2.45) is 10.9 Å². The van der Waals surface area contributed by atoms with Crippen LogP contribution in [0.25, 0.3) is 0 Å². The average Bonchev–Trinajstić information content (AvgIpc) is 3.14. The molecular weight excluding hydrogens is 571 g/mol. The molecule has 0 amide bonds. The van der Waals surface area contributed by atoms with Crippen LogP contribution in [0.15, 0.2) is 29.3 Å². The first-order chi connectivity index (χ1) is 17.0. The maximum absolute atomic E-state index is 13.5.